The third-order valence-corrected chi connectivity index (χ3v) is 1.94. The van der Waals surface area contributed by atoms with Gasteiger partial charge in [0.2, 0.25) is 11.8 Å². The maximum atomic E-state index is 11.5. The van der Waals surface area contributed by atoms with Gasteiger partial charge in [0.25, 0.3) is 0 Å². The van der Waals surface area contributed by atoms with Gasteiger partial charge in [-0.25, -0.2) is 0 Å². The summed E-state index contributed by atoms with van der Waals surface area (Å²) in [4.78, 5) is 11.5. The summed E-state index contributed by atoms with van der Waals surface area (Å²) in [5.74, 6) is 0.499. The lowest BCUT2D eigenvalue weighted by Crippen LogP contribution is -2.36. The molecule has 5 heteroatoms. The number of aromatic nitrogens is 1. The fraction of sp³-hybridized carbons (Fsp3) is 0.600. The summed E-state index contributed by atoms with van der Waals surface area (Å²) >= 11 is 0. The van der Waals surface area contributed by atoms with E-state index >= 15 is 0 Å². The van der Waals surface area contributed by atoms with Crippen LogP contribution in [0.25, 0.3) is 0 Å². The monoisotopic (exact) mass is 211 g/mol. The Kier molecular flexibility index (Phi) is 3.85. The summed E-state index contributed by atoms with van der Waals surface area (Å²) in [5.41, 5.74) is 6.42. The van der Waals surface area contributed by atoms with E-state index in [9.17, 15) is 4.79 Å². The molecule has 1 unspecified atom stereocenters. The Balaban J connectivity index is 2.48. The molecule has 0 aliphatic carbocycles. The van der Waals surface area contributed by atoms with Crippen LogP contribution >= 0.6 is 0 Å². The first-order chi connectivity index (χ1) is 6.99. The lowest BCUT2D eigenvalue weighted by molar-refractivity contribution is -0.117. The van der Waals surface area contributed by atoms with Crippen LogP contribution in [0.3, 0.4) is 0 Å². The number of rotatable bonds is 4. The van der Waals surface area contributed by atoms with Crippen LogP contribution in [-0.4, -0.2) is 17.1 Å². The quantitative estimate of drug-likeness (QED) is 0.786. The number of hydrogen-bond donors (Lipinski definition) is 2. The smallest absolute Gasteiger partial charge is 0.243 e. The fourth-order valence-electron chi connectivity index (χ4n) is 1.25. The Hall–Kier alpha value is -1.36. The van der Waals surface area contributed by atoms with Gasteiger partial charge in [0.1, 0.15) is 0 Å². The maximum absolute atomic E-state index is 11.5. The molecule has 0 aromatic carbocycles. The number of carbonyl (C=O) groups is 1. The van der Waals surface area contributed by atoms with E-state index in [0.717, 1.165) is 5.69 Å². The highest BCUT2D eigenvalue weighted by molar-refractivity contribution is 5.93. The van der Waals surface area contributed by atoms with E-state index in [2.05, 4.69) is 10.5 Å². The van der Waals surface area contributed by atoms with Crippen LogP contribution in [0.4, 0.5) is 5.88 Å². The van der Waals surface area contributed by atoms with Crippen molar-refractivity contribution < 1.29 is 9.32 Å². The number of anilines is 1. The third kappa shape index (κ3) is 3.71. The van der Waals surface area contributed by atoms with E-state index in [4.69, 9.17) is 10.3 Å². The van der Waals surface area contributed by atoms with Gasteiger partial charge in [-0.3, -0.25) is 10.1 Å². The summed E-state index contributed by atoms with van der Waals surface area (Å²) in [6.45, 7) is 5.82. The zero-order valence-corrected chi connectivity index (χ0v) is 9.28. The molecule has 1 amide bonds. The van der Waals surface area contributed by atoms with E-state index in [0.29, 0.717) is 18.2 Å². The normalized spacial score (nSPS) is 12.9. The molecule has 1 aromatic rings. The van der Waals surface area contributed by atoms with Crippen molar-refractivity contribution in [2.24, 2.45) is 11.7 Å². The summed E-state index contributed by atoms with van der Waals surface area (Å²) in [5, 5.41) is 6.23. The van der Waals surface area contributed by atoms with Crippen molar-refractivity contribution in [2.45, 2.75) is 33.2 Å². The number of nitrogens with zero attached hydrogens (tertiary/aromatic N) is 1. The van der Waals surface area contributed by atoms with E-state index in [1.807, 2.05) is 13.8 Å². The molecule has 0 aliphatic heterocycles. The van der Waals surface area contributed by atoms with Gasteiger partial charge < -0.3 is 10.3 Å². The molecule has 1 atom stereocenters. The molecule has 0 aliphatic rings. The molecular weight excluding hydrogens is 194 g/mol. The highest BCUT2D eigenvalue weighted by Gasteiger charge is 2.16. The zero-order valence-electron chi connectivity index (χ0n) is 9.28. The standard InChI is InChI=1S/C10H17N3O2/c1-6(2)4-8(11)10(14)12-9-5-7(3)13-15-9/h5-6,8H,4,11H2,1-3H3,(H,12,14). The van der Waals surface area contributed by atoms with E-state index in [-0.39, 0.29) is 5.91 Å². The van der Waals surface area contributed by atoms with Crippen molar-refractivity contribution in [2.75, 3.05) is 5.32 Å². The van der Waals surface area contributed by atoms with Crippen LogP contribution < -0.4 is 11.1 Å². The summed E-state index contributed by atoms with van der Waals surface area (Å²) in [7, 11) is 0. The maximum Gasteiger partial charge on any atom is 0.243 e. The second kappa shape index (κ2) is 4.93. The van der Waals surface area contributed by atoms with Gasteiger partial charge in [-0.1, -0.05) is 19.0 Å². The molecule has 15 heavy (non-hydrogen) atoms. The first-order valence-electron chi connectivity index (χ1n) is 4.98. The van der Waals surface area contributed by atoms with Crippen LogP contribution in [0.1, 0.15) is 26.0 Å². The number of carbonyl (C=O) groups excluding carboxylic acids is 1. The number of hydrogen-bond acceptors (Lipinski definition) is 4. The van der Waals surface area contributed by atoms with Crippen molar-refractivity contribution >= 4 is 11.8 Å². The van der Waals surface area contributed by atoms with Crippen molar-refractivity contribution in [1.82, 2.24) is 5.16 Å². The predicted octanol–water partition coefficient (Wildman–Crippen LogP) is 1.29. The van der Waals surface area contributed by atoms with Crippen molar-refractivity contribution in [1.29, 1.82) is 0 Å². The van der Waals surface area contributed by atoms with Crippen LogP contribution in [0.2, 0.25) is 0 Å². The minimum Gasteiger partial charge on any atom is -0.338 e. The second-order valence-electron chi connectivity index (χ2n) is 4.06. The van der Waals surface area contributed by atoms with Crippen molar-refractivity contribution in [3.8, 4) is 0 Å². The van der Waals surface area contributed by atoms with E-state index in [1.165, 1.54) is 0 Å². The van der Waals surface area contributed by atoms with Gasteiger partial charge in [0.05, 0.1) is 11.7 Å². The minimum atomic E-state index is -0.504. The van der Waals surface area contributed by atoms with Gasteiger partial charge >= 0.3 is 0 Å². The Morgan fingerprint density at radius 2 is 2.33 bits per heavy atom. The van der Waals surface area contributed by atoms with E-state index in [1.54, 1.807) is 13.0 Å². The molecule has 1 aromatic heterocycles. The van der Waals surface area contributed by atoms with Crippen LogP contribution in [-0.2, 0) is 4.79 Å². The lowest BCUT2D eigenvalue weighted by atomic mass is 10.0. The molecule has 84 valence electrons. The van der Waals surface area contributed by atoms with Crippen LogP contribution in [0.15, 0.2) is 10.6 Å². The lowest BCUT2D eigenvalue weighted by Gasteiger charge is -2.12. The Morgan fingerprint density at radius 3 is 2.80 bits per heavy atom. The highest BCUT2D eigenvalue weighted by Crippen LogP contribution is 2.10. The predicted molar refractivity (Wildman–Crippen MR) is 57.3 cm³/mol. The summed E-state index contributed by atoms with van der Waals surface area (Å²) in [6, 6.07) is 1.15. The second-order valence-corrected chi connectivity index (χ2v) is 4.06. The molecule has 0 radical (unpaired) electrons. The highest BCUT2D eigenvalue weighted by atomic mass is 16.5. The molecule has 3 N–H and O–H groups in total. The molecule has 0 fully saturated rings. The third-order valence-electron chi connectivity index (χ3n) is 1.94. The van der Waals surface area contributed by atoms with E-state index < -0.39 is 6.04 Å². The molecule has 5 nitrogen and oxygen atoms in total. The molecule has 0 bridgehead atoms. The molecule has 1 rings (SSSR count). The first kappa shape index (κ1) is 11.7. The first-order valence-corrected chi connectivity index (χ1v) is 4.98. The molecule has 0 spiro atoms. The van der Waals surface area contributed by atoms with Gasteiger partial charge in [0.15, 0.2) is 0 Å². The van der Waals surface area contributed by atoms with Crippen LogP contribution in [0.5, 0.6) is 0 Å². The van der Waals surface area contributed by atoms with Crippen molar-refractivity contribution in [3.05, 3.63) is 11.8 Å². The Morgan fingerprint density at radius 1 is 1.67 bits per heavy atom. The Labute approximate surface area is 89.0 Å². The molecule has 0 saturated carbocycles. The Bertz CT molecular complexity index is 333. The number of nitrogens with two attached hydrogens (primary N) is 1. The molecule has 0 saturated heterocycles. The van der Waals surface area contributed by atoms with Crippen molar-refractivity contribution in [3.63, 3.8) is 0 Å². The van der Waals surface area contributed by atoms with Crippen LogP contribution in [0, 0.1) is 12.8 Å². The largest absolute Gasteiger partial charge is 0.338 e. The van der Waals surface area contributed by atoms with Gasteiger partial charge in [-0.2, -0.15) is 0 Å². The zero-order chi connectivity index (χ0) is 11.4. The SMILES string of the molecule is Cc1cc(NC(=O)C(N)CC(C)C)on1. The summed E-state index contributed by atoms with van der Waals surface area (Å²) in [6.07, 6.45) is 0.652. The fourth-order valence-corrected chi connectivity index (χ4v) is 1.25. The van der Waals surface area contributed by atoms with Gasteiger partial charge in [-0.05, 0) is 19.3 Å². The van der Waals surface area contributed by atoms with Gasteiger partial charge in [-0.15, -0.1) is 0 Å². The topological polar surface area (TPSA) is 81.2 Å². The molecule has 1 heterocycles. The number of aryl methyl sites for hydroxylation is 1. The molecular formula is C10H17N3O2. The summed E-state index contributed by atoms with van der Waals surface area (Å²) < 4.78 is 4.85. The van der Waals surface area contributed by atoms with Gasteiger partial charge in [0, 0.05) is 6.07 Å². The minimum absolute atomic E-state index is 0.236. The average molecular weight is 211 g/mol. The average Bonchev–Trinajstić information content (AvgIpc) is 2.50. The number of nitrogens with one attached hydrogen (secondary N) is 1. The number of amides is 1.